The Hall–Kier alpha value is -6.41. The van der Waals surface area contributed by atoms with E-state index in [4.69, 9.17) is 10.8 Å². The van der Waals surface area contributed by atoms with Crippen LogP contribution in [0.2, 0.25) is 0 Å². The molecule has 0 radical (unpaired) electrons. The molecular formula is C45H67N7O14. The summed E-state index contributed by atoms with van der Waals surface area (Å²) in [6.07, 6.45) is 2.21. The number of carboxylic acid groups (broad SMARTS) is 3. The Morgan fingerprint density at radius 3 is 1.73 bits per heavy atom. The van der Waals surface area contributed by atoms with Gasteiger partial charge in [-0.3, -0.25) is 52.7 Å². The van der Waals surface area contributed by atoms with Gasteiger partial charge in [0.25, 0.3) is 5.91 Å². The first kappa shape index (κ1) is 55.7. The van der Waals surface area contributed by atoms with Gasteiger partial charge in [0.2, 0.25) is 41.2 Å². The Labute approximate surface area is 383 Å². The van der Waals surface area contributed by atoms with Crippen molar-refractivity contribution in [2.75, 3.05) is 0 Å². The van der Waals surface area contributed by atoms with E-state index >= 15 is 0 Å². The van der Waals surface area contributed by atoms with Crippen molar-refractivity contribution in [3.05, 3.63) is 35.4 Å². The third kappa shape index (κ3) is 20.6. The number of aliphatic carboxylic acids is 3. The number of nitrogens with one attached hydrogen (secondary N) is 6. The third-order valence-corrected chi connectivity index (χ3v) is 11.2. The molecule has 0 bridgehead atoms. The zero-order valence-electron chi connectivity index (χ0n) is 38.2. The number of carboxylic acids is 3. The van der Waals surface area contributed by atoms with Gasteiger partial charge in [-0.15, -0.1) is 0 Å². The van der Waals surface area contributed by atoms with Gasteiger partial charge in [0, 0.05) is 19.3 Å². The summed E-state index contributed by atoms with van der Waals surface area (Å²) in [5.41, 5.74) is 6.59. The highest BCUT2D eigenvalue weighted by molar-refractivity contribution is 6.37. The van der Waals surface area contributed by atoms with Crippen LogP contribution in [0.1, 0.15) is 128 Å². The van der Waals surface area contributed by atoms with Crippen LogP contribution in [0.15, 0.2) is 24.3 Å². The van der Waals surface area contributed by atoms with Crippen molar-refractivity contribution in [1.82, 2.24) is 31.9 Å². The minimum Gasteiger partial charge on any atom is -0.481 e. The number of aryl methyl sites for hydroxylation is 1. The van der Waals surface area contributed by atoms with Gasteiger partial charge in [0.05, 0.1) is 18.9 Å². The second-order valence-electron chi connectivity index (χ2n) is 17.2. The molecular weight excluding hydrogens is 863 g/mol. The number of unbranched alkanes of at least 4 members (excludes halogenated alkanes) is 1. The molecule has 0 heterocycles. The van der Waals surface area contributed by atoms with E-state index in [0.717, 1.165) is 37.7 Å². The zero-order chi connectivity index (χ0) is 49.5. The SMILES string of the molecule is CCCCC(NC(=O)[C@H](CC(C)C)NC(=O)[C@H](CC1CCCCC1)NC(=O)[C@H](Cc1ccccc1C)NC(=O)[C@H](CCC(=O)O)NC(=O)[C@H](CC(=O)O)NC(=O)CCC(=O)O)C(=O)C(N)=O. The van der Waals surface area contributed by atoms with Crippen LogP contribution in [0.5, 0.6) is 0 Å². The first-order valence-corrected chi connectivity index (χ1v) is 22.5. The van der Waals surface area contributed by atoms with Crippen LogP contribution < -0.4 is 37.6 Å². The van der Waals surface area contributed by atoms with Gasteiger partial charge < -0.3 is 53.0 Å². The molecule has 21 nitrogen and oxygen atoms in total. The normalized spacial score (nSPS) is 15.3. The topological polar surface area (TPSA) is 347 Å². The van der Waals surface area contributed by atoms with Crippen molar-refractivity contribution in [1.29, 1.82) is 0 Å². The molecule has 0 spiro atoms. The Bertz CT molecular complexity index is 1900. The molecule has 21 heteroatoms. The number of carbonyl (C=O) groups excluding carboxylic acids is 8. The summed E-state index contributed by atoms with van der Waals surface area (Å²) >= 11 is 0. The minimum atomic E-state index is -1.80. The van der Waals surface area contributed by atoms with E-state index in [2.05, 4.69) is 31.9 Å². The van der Waals surface area contributed by atoms with E-state index in [9.17, 15) is 63.0 Å². The monoisotopic (exact) mass is 929 g/mol. The summed E-state index contributed by atoms with van der Waals surface area (Å²) in [5.74, 6) is -12.2. The predicted octanol–water partition coefficient (Wildman–Crippen LogP) is 0.912. The van der Waals surface area contributed by atoms with Gasteiger partial charge in [-0.25, -0.2) is 0 Å². The molecule has 7 amide bonds. The van der Waals surface area contributed by atoms with Crippen LogP contribution in [-0.2, 0) is 59.2 Å². The molecule has 0 aromatic heterocycles. The molecule has 1 unspecified atom stereocenters. The molecule has 0 aliphatic heterocycles. The number of primary amides is 1. The summed E-state index contributed by atoms with van der Waals surface area (Å²) in [6, 6.07) is -1.75. The standard InChI is InChI=1S/C45H67N7O14/c1-5-6-16-29(39(60)40(46)61)48-42(63)31(21-25(2)3)50-43(64)32(22-27-13-8-7-9-14-27)51-44(65)33(23-28-15-11-10-12-26(28)4)52-41(62)30(17-19-36(54)55)49-45(66)34(24-38(58)59)47-35(53)18-20-37(56)57/h10-12,15,25,27,29-34H,5-9,13-14,16-24H2,1-4H3,(H2,46,61)(H,47,53)(H,48,63)(H,49,66)(H,50,64)(H,51,65)(H,52,62)(H,54,55)(H,56,57)(H,58,59)/t29?,30-,31-,32-,33-,34-/m0/s1. The molecule has 1 aliphatic rings. The highest BCUT2D eigenvalue weighted by Crippen LogP contribution is 2.28. The number of hydrogen-bond acceptors (Lipinski definition) is 11. The molecule has 1 saturated carbocycles. The number of nitrogens with two attached hydrogens (primary N) is 1. The molecule has 66 heavy (non-hydrogen) atoms. The van der Waals surface area contributed by atoms with Crippen molar-refractivity contribution >= 4 is 65.0 Å². The molecule has 0 saturated heterocycles. The van der Waals surface area contributed by atoms with Crippen LogP contribution >= 0.6 is 0 Å². The summed E-state index contributed by atoms with van der Waals surface area (Å²) < 4.78 is 0. The summed E-state index contributed by atoms with van der Waals surface area (Å²) in [7, 11) is 0. The lowest BCUT2D eigenvalue weighted by Crippen LogP contribution is -2.60. The van der Waals surface area contributed by atoms with E-state index < -0.39 is 133 Å². The smallest absolute Gasteiger partial charge is 0.305 e. The fourth-order valence-corrected chi connectivity index (χ4v) is 7.58. The fraction of sp³-hybridized carbons (Fsp3) is 0.622. The van der Waals surface area contributed by atoms with E-state index in [1.54, 1.807) is 31.2 Å². The highest BCUT2D eigenvalue weighted by atomic mass is 16.4. The van der Waals surface area contributed by atoms with Gasteiger partial charge in [-0.05, 0) is 55.6 Å². The maximum Gasteiger partial charge on any atom is 0.305 e. The van der Waals surface area contributed by atoms with Crippen molar-refractivity contribution in [3.63, 3.8) is 0 Å². The average Bonchev–Trinajstić information content (AvgIpc) is 3.24. The second kappa shape index (κ2) is 28.5. The number of benzene rings is 1. The van der Waals surface area contributed by atoms with Crippen LogP contribution in [-0.4, -0.2) is 117 Å². The van der Waals surface area contributed by atoms with Crippen molar-refractivity contribution < 1.29 is 68.1 Å². The van der Waals surface area contributed by atoms with Gasteiger partial charge in [0.15, 0.2) is 0 Å². The molecule has 1 fully saturated rings. The molecule has 366 valence electrons. The van der Waals surface area contributed by atoms with Crippen molar-refractivity contribution in [3.8, 4) is 0 Å². The van der Waals surface area contributed by atoms with Crippen molar-refractivity contribution in [2.45, 2.75) is 167 Å². The van der Waals surface area contributed by atoms with Crippen LogP contribution in [0.4, 0.5) is 0 Å². The number of rotatable bonds is 30. The molecule has 11 N–H and O–H groups in total. The third-order valence-electron chi connectivity index (χ3n) is 11.2. The van der Waals surface area contributed by atoms with Gasteiger partial charge in [-0.1, -0.05) is 90.0 Å². The number of amides is 7. The van der Waals surface area contributed by atoms with Gasteiger partial charge in [-0.2, -0.15) is 0 Å². The molecule has 1 aliphatic carbocycles. The van der Waals surface area contributed by atoms with Crippen molar-refractivity contribution in [2.24, 2.45) is 17.6 Å². The second-order valence-corrected chi connectivity index (χ2v) is 17.2. The maximum atomic E-state index is 14.5. The lowest BCUT2D eigenvalue weighted by molar-refractivity contribution is -0.142. The summed E-state index contributed by atoms with van der Waals surface area (Å²) in [6.45, 7) is 7.25. The first-order valence-electron chi connectivity index (χ1n) is 22.5. The van der Waals surface area contributed by atoms with Gasteiger partial charge in [0.1, 0.15) is 30.2 Å². The molecule has 6 atom stereocenters. The van der Waals surface area contributed by atoms with E-state index in [0.29, 0.717) is 18.4 Å². The quantitative estimate of drug-likeness (QED) is 0.0480. The molecule has 2 rings (SSSR count). The van der Waals surface area contributed by atoms with Crippen LogP contribution in [0, 0.1) is 18.8 Å². The van der Waals surface area contributed by atoms with Crippen LogP contribution in [0.25, 0.3) is 0 Å². The largest absolute Gasteiger partial charge is 0.481 e. The average molecular weight is 930 g/mol. The highest BCUT2D eigenvalue weighted by Gasteiger charge is 2.36. The number of ketones is 1. The lowest BCUT2D eigenvalue weighted by Gasteiger charge is -2.30. The predicted molar refractivity (Wildman–Crippen MR) is 237 cm³/mol. The zero-order valence-corrected chi connectivity index (χ0v) is 38.2. The van der Waals surface area contributed by atoms with E-state index in [-0.39, 0.29) is 37.5 Å². The Morgan fingerprint density at radius 2 is 1.15 bits per heavy atom. The number of carbonyl (C=O) groups is 11. The summed E-state index contributed by atoms with van der Waals surface area (Å²) in [4.78, 5) is 141. The number of hydrogen-bond donors (Lipinski definition) is 10. The first-order chi connectivity index (χ1) is 31.1. The Balaban J connectivity index is 2.53. The maximum absolute atomic E-state index is 14.5. The Morgan fingerprint density at radius 1 is 0.621 bits per heavy atom. The summed E-state index contributed by atoms with van der Waals surface area (Å²) in [5, 5.41) is 42.9. The number of Topliss-reactive ketones (excluding diaryl/α,β-unsaturated/α-hetero) is 1. The van der Waals surface area contributed by atoms with Crippen LogP contribution in [0.3, 0.4) is 0 Å². The van der Waals surface area contributed by atoms with Gasteiger partial charge >= 0.3 is 17.9 Å². The Kier molecular flexibility index (Phi) is 24.1. The minimum absolute atomic E-state index is 0.0119. The molecule has 1 aromatic carbocycles. The lowest BCUT2D eigenvalue weighted by atomic mass is 9.84. The van der Waals surface area contributed by atoms with E-state index in [1.807, 2.05) is 20.8 Å². The molecule has 1 aromatic rings. The van der Waals surface area contributed by atoms with E-state index in [1.165, 1.54) is 0 Å². The fourth-order valence-electron chi connectivity index (χ4n) is 7.58.